The molecule has 2 nitrogen and oxygen atoms in total. The van der Waals surface area contributed by atoms with Crippen molar-refractivity contribution in [1.29, 1.82) is 0 Å². The molecule has 1 aromatic heterocycles. The van der Waals surface area contributed by atoms with Gasteiger partial charge in [0, 0.05) is 18.0 Å². The first-order valence-corrected chi connectivity index (χ1v) is 5.83. The van der Waals surface area contributed by atoms with Crippen molar-refractivity contribution < 1.29 is 4.74 Å². The van der Waals surface area contributed by atoms with Gasteiger partial charge in [-0.05, 0) is 31.0 Å². The van der Waals surface area contributed by atoms with E-state index in [1.807, 2.05) is 38.1 Å². The summed E-state index contributed by atoms with van der Waals surface area (Å²) >= 11 is 6.03. The molecule has 2 aromatic rings. The van der Waals surface area contributed by atoms with Gasteiger partial charge in [-0.3, -0.25) is 4.98 Å². The molecule has 0 saturated heterocycles. The second-order valence-electron chi connectivity index (χ2n) is 3.98. The molecule has 0 N–H and O–H groups in total. The summed E-state index contributed by atoms with van der Waals surface area (Å²) in [5, 5.41) is 0.638. The fourth-order valence-corrected chi connectivity index (χ4v) is 1.87. The fourth-order valence-electron chi connectivity index (χ4n) is 1.70. The van der Waals surface area contributed by atoms with E-state index < -0.39 is 0 Å². The molecule has 0 bridgehead atoms. The lowest BCUT2D eigenvalue weighted by atomic mass is 10.1. The second kappa shape index (κ2) is 5.19. The maximum Gasteiger partial charge on any atom is 0.125 e. The van der Waals surface area contributed by atoms with E-state index in [1.54, 1.807) is 12.4 Å². The largest absolute Gasteiger partial charge is 0.488 e. The molecule has 3 heteroatoms. The van der Waals surface area contributed by atoms with Crippen LogP contribution in [0.4, 0.5) is 0 Å². The van der Waals surface area contributed by atoms with Crippen LogP contribution in [0.5, 0.6) is 5.75 Å². The van der Waals surface area contributed by atoms with Gasteiger partial charge in [0.05, 0.1) is 5.02 Å². The SMILES string of the molecule is Cc1cccc(C)c1OCc1ccncc1Cl. The van der Waals surface area contributed by atoms with E-state index >= 15 is 0 Å². The van der Waals surface area contributed by atoms with Crippen LogP contribution in [0.1, 0.15) is 16.7 Å². The zero-order valence-corrected chi connectivity index (χ0v) is 10.7. The summed E-state index contributed by atoms with van der Waals surface area (Å²) < 4.78 is 5.82. The molecule has 0 aliphatic rings. The van der Waals surface area contributed by atoms with E-state index in [4.69, 9.17) is 16.3 Å². The number of hydrogen-bond donors (Lipinski definition) is 0. The number of aryl methyl sites for hydroxylation is 2. The van der Waals surface area contributed by atoms with Crippen molar-refractivity contribution in [1.82, 2.24) is 4.98 Å². The Labute approximate surface area is 106 Å². The Kier molecular flexibility index (Phi) is 3.64. The van der Waals surface area contributed by atoms with E-state index in [0.717, 1.165) is 22.4 Å². The molecule has 88 valence electrons. The van der Waals surface area contributed by atoms with Gasteiger partial charge in [-0.2, -0.15) is 0 Å². The maximum atomic E-state index is 6.03. The van der Waals surface area contributed by atoms with E-state index in [0.29, 0.717) is 11.6 Å². The lowest BCUT2D eigenvalue weighted by Crippen LogP contribution is -1.99. The minimum atomic E-state index is 0.465. The lowest BCUT2D eigenvalue weighted by Gasteiger charge is -2.12. The predicted octanol–water partition coefficient (Wildman–Crippen LogP) is 3.93. The van der Waals surface area contributed by atoms with Crippen molar-refractivity contribution in [3.63, 3.8) is 0 Å². The summed E-state index contributed by atoms with van der Waals surface area (Å²) in [6.45, 7) is 4.54. The molecule has 0 spiro atoms. The summed E-state index contributed by atoms with van der Waals surface area (Å²) in [7, 11) is 0. The Hall–Kier alpha value is -1.54. The highest BCUT2D eigenvalue weighted by atomic mass is 35.5. The van der Waals surface area contributed by atoms with E-state index in [-0.39, 0.29) is 0 Å². The van der Waals surface area contributed by atoms with Crippen LogP contribution in [0.3, 0.4) is 0 Å². The van der Waals surface area contributed by atoms with Gasteiger partial charge in [0.15, 0.2) is 0 Å². The molecule has 1 aromatic carbocycles. The molecular formula is C14H14ClNO. The van der Waals surface area contributed by atoms with Crippen LogP contribution >= 0.6 is 11.6 Å². The third-order valence-electron chi connectivity index (χ3n) is 2.64. The third kappa shape index (κ3) is 2.77. The first kappa shape index (κ1) is 11.9. The van der Waals surface area contributed by atoms with Crippen molar-refractivity contribution in [3.8, 4) is 5.75 Å². The number of aromatic nitrogens is 1. The average molecular weight is 248 g/mol. The normalized spacial score (nSPS) is 10.3. The maximum absolute atomic E-state index is 6.03. The first-order chi connectivity index (χ1) is 8.18. The van der Waals surface area contributed by atoms with E-state index in [2.05, 4.69) is 4.98 Å². The highest BCUT2D eigenvalue weighted by molar-refractivity contribution is 6.31. The number of ether oxygens (including phenoxy) is 1. The minimum absolute atomic E-state index is 0.465. The topological polar surface area (TPSA) is 22.1 Å². The van der Waals surface area contributed by atoms with Gasteiger partial charge in [0.25, 0.3) is 0 Å². The molecule has 0 aliphatic heterocycles. The average Bonchev–Trinajstić information content (AvgIpc) is 2.30. The molecule has 0 saturated carbocycles. The number of rotatable bonds is 3. The molecule has 0 amide bonds. The van der Waals surface area contributed by atoms with Gasteiger partial charge in [0.2, 0.25) is 0 Å². The molecule has 0 fully saturated rings. The molecule has 17 heavy (non-hydrogen) atoms. The standard InChI is InChI=1S/C14H14ClNO/c1-10-4-3-5-11(2)14(10)17-9-12-6-7-16-8-13(12)15/h3-8H,9H2,1-2H3. The summed E-state index contributed by atoms with van der Waals surface area (Å²) in [6.07, 6.45) is 3.35. The Morgan fingerprint density at radius 3 is 2.53 bits per heavy atom. The number of nitrogens with zero attached hydrogens (tertiary/aromatic N) is 1. The van der Waals surface area contributed by atoms with Crippen LogP contribution in [-0.2, 0) is 6.61 Å². The van der Waals surface area contributed by atoms with Crippen LogP contribution in [0.25, 0.3) is 0 Å². The van der Waals surface area contributed by atoms with E-state index in [1.165, 1.54) is 0 Å². The molecular weight excluding hydrogens is 234 g/mol. The van der Waals surface area contributed by atoms with Crippen LogP contribution in [-0.4, -0.2) is 4.98 Å². The summed E-state index contributed by atoms with van der Waals surface area (Å²) in [5.41, 5.74) is 3.22. The highest BCUT2D eigenvalue weighted by Gasteiger charge is 2.05. The first-order valence-electron chi connectivity index (χ1n) is 5.46. The Morgan fingerprint density at radius 2 is 1.88 bits per heavy atom. The highest BCUT2D eigenvalue weighted by Crippen LogP contribution is 2.24. The van der Waals surface area contributed by atoms with Crippen LogP contribution < -0.4 is 4.74 Å². The van der Waals surface area contributed by atoms with Crippen LogP contribution in [0, 0.1) is 13.8 Å². The molecule has 0 atom stereocenters. The van der Waals surface area contributed by atoms with Gasteiger partial charge in [-0.1, -0.05) is 29.8 Å². The molecule has 0 aliphatic carbocycles. The fraction of sp³-hybridized carbons (Fsp3) is 0.214. The van der Waals surface area contributed by atoms with Crippen molar-refractivity contribution in [2.45, 2.75) is 20.5 Å². The predicted molar refractivity (Wildman–Crippen MR) is 69.5 cm³/mol. The van der Waals surface area contributed by atoms with Gasteiger partial charge >= 0.3 is 0 Å². The number of halogens is 1. The van der Waals surface area contributed by atoms with Crippen molar-refractivity contribution >= 4 is 11.6 Å². The Bertz CT molecular complexity index is 505. The molecule has 0 radical (unpaired) electrons. The Balaban J connectivity index is 2.16. The third-order valence-corrected chi connectivity index (χ3v) is 2.98. The van der Waals surface area contributed by atoms with Gasteiger partial charge in [0.1, 0.15) is 12.4 Å². The summed E-state index contributed by atoms with van der Waals surface area (Å²) in [4.78, 5) is 3.95. The smallest absolute Gasteiger partial charge is 0.125 e. The van der Waals surface area contributed by atoms with Gasteiger partial charge in [-0.25, -0.2) is 0 Å². The second-order valence-corrected chi connectivity index (χ2v) is 4.38. The molecule has 2 rings (SSSR count). The van der Waals surface area contributed by atoms with Crippen molar-refractivity contribution in [3.05, 3.63) is 58.4 Å². The van der Waals surface area contributed by atoms with Crippen molar-refractivity contribution in [2.24, 2.45) is 0 Å². The van der Waals surface area contributed by atoms with Crippen LogP contribution in [0.15, 0.2) is 36.7 Å². The number of para-hydroxylation sites is 1. The summed E-state index contributed by atoms with van der Waals surface area (Å²) in [5.74, 6) is 0.931. The zero-order chi connectivity index (χ0) is 12.3. The van der Waals surface area contributed by atoms with Gasteiger partial charge in [-0.15, -0.1) is 0 Å². The summed E-state index contributed by atoms with van der Waals surface area (Å²) in [6, 6.07) is 7.97. The quantitative estimate of drug-likeness (QED) is 0.820. The lowest BCUT2D eigenvalue weighted by molar-refractivity contribution is 0.302. The van der Waals surface area contributed by atoms with Crippen LogP contribution in [0.2, 0.25) is 5.02 Å². The molecule has 0 unspecified atom stereocenters. The Morgan fingerprint density at radius 1 is 1.18 bits per heavy atom. The monoisotopic (exact) mass is 247 g/mol. The van der Waals surface area contributed by atoms with E-state index in [9.17, 15) is 0 Å². The number of benzene rings is 1. The van der Waals surface area contributed by atoms with Crippen molar-refractivity contribution in [2.75, 3.05) is 0 Å². The van der Waals surface area contributed by atoms with Gasteiger partial charge < -0.3 is 4.74 Å². The number of hydrogen-bond acceptors (Lipinski definition) is 2. The zero-order valence-electron chi connectivity index (χ0n) is 9.90. The molecule has 1 heterocycles. The minimum Gasteiger partial charge on any atom is -0.488 e. The number of pyridine rings is 1.